The summed E-state index contributed by atoms with van der Waals surface area (Å²) in [5.41, 5.74) is 0.773. The molecule has 0 saturated carbocycles. The van der Waals surface area contributed by atoms with Gasteiger partial charge >= 0.3 is 0 Å². The van der Waals surface area contributed by atoms with E-state index in [1.54, 1.807) is 0 Å². The quantitative estimate of drug-likeness (QED) is 0.745. The van der Waals surface area contributed by atoms with Crippen LogP contribution in [0.4, 0.5) is 0 Å². The van der Waals surface area contributed by atoms with Gasteiger partial charge in [-0.1, -0.05) is 20.8 Å². The lowest BCUT2D eigenvalue weighted by atomic mass is 9.92. The van der Waals surface area contributed by atoms with Crippen LogP contribution < -0.4 is 5.56 Å². The predicted octanol–water partition coefficient (Wildman–Crippen LogP) is 2.39. The van der Waals surface area contributed by atoms with Crippen molar-refractivity contribution in [3.05, 3.63) is 25.4 Å². The van der Waals surface area contributed by atoms with Gasteiger partial charge in [-0.15, -0.1) is 0 Å². The normalized spacial score (nSPS) is 21.6. The average Bonchev–Trinajstić information content (AvgIpc) is 2.31. The highest BCUT2D eigenvalue weighted by Gasteiger charge is 2.27. The van der Waals surface area contributed by atoms with Crippen LogP contribution in [0.5, 0.6) is 0 Å². The molecule has 0 amide bonds. The lowest BCUT2D eigenvalue weighted by Gasteiger charge is -2.32. The Morgan fingerprint density at radius 1 is 1.47 bits per heavy atom. The van der Waals surface area contributed by atoms with Gasteiger partial charge < -0.3 is 4.98 Å². The molecule has 1 aromatic rings. The highest BCUT2D eigenvalue weighted by atomic mass is 127. The Morgan fingerprint density at radius 3 is 2.74 bits per heavy atom. The number of hydrogen-bond acceptors (Lipinski definition) is 4. The van der Waals surface area contributed by atoms with Crippen LogP contribution in [0.2, 0.25) is 0 Å². The maximum Gasteiger partial charge on any atom is 0.264 e. The fourth-order valence-corrected chi connectivity index (χ4v) is 4.39. The summed E-state index contributed by atoms with van der Waals surface area (Å²) in [4.78, 5) is 22.1. The van der Waals surface area contributed by atoms with Crippen molar-refractivity contribution >= 4 is 34.4 Å². The summed E-state index contributed by atoms with van der Waals surface area (Å²) >= 11 is 4.02. The minimum absolute atomic E-state index is 0.0144. The van der Waals surface area contributed by atoms with Gasteiger partial charge in [-0.25, -0.2) is 4.98 Å². The molecular weight excluding hydrogens is 373 g/mol. The van der Waals surface area contributed by atoms with Crippen molar-refractivity contribution in [1.29, 1.82) is 0 Å². The first-order valence-electron chi connectivity index (χ1n) is 6.39. The van der Waals surface area contributed by atoms with E-state index in [1.165, 1.54) is 0 Å². The Hall–Kier alpha value is -0.0800. The zero-order chi connectivity index (χ0) is 14.2. The zero-order valence-electron chi connectivity index (χ0n) is 11.8. The van der Waals surface area contributed by atoms with Gasteiger partial charge in [0.25, 0.3) is 5.56 Å². The van der Waals surface area contributed by atoms with Crippen LogP contribution in [0.15, 0.2) is 4.79 Å². The van der Waals surface area contributed by atoms with Crippen molar-refractivity contribution in [3.8, 4) is 0 Å². The molecule has 0 spiro atoms. The van der Waals surface area contributed by atoms with Gasteiger partial charge in [-0.05, 0) is 29.6 Å². The van der Waals surface area contributed by atoms with E-state index in [0.29, 0.717) is 3.57 Å². The van der Waals surface area contributed by atoms with Gasteiger partial charge in [0.05, 0.1) is 11.7 Å². The fourth-order valence-electron chi connectivity index (χ4n) is 2.11. The van der Waals surface area contributed by atoms with Gasteiger partial charge in [0.15, 0.2) is 0 Å². The van der Waals surface area contributed by atoms with Crippen LogP contribution in [-0.2, 0) is 5.41 Å². The number of aromatic nitrogens is 2. The molecule has 0 radical (unpaired) electrons. The monoisotopic (exact) mass is 393 g/mol. The summed E-state index contributed by atoms with van der Waals surface area (Å²) < 4.78 is 0.708. The van der Waals surface area contributed by atoms with Crippen molar-refractivity contribution in [3.63, 3.8) is 0 Å². The summed E-state index contributed by atoms with van der Waals surface area (Å²) in [6, 6.07) is 0.213. The van der Waals surface area contributed by atoms with Crippen molar-refractivity contribution in [1.82, 2.24) is 14.9 Å². The van der Waals surface area contributed by atoms with Crippen LogP contribution in [0.3, 0.4) is 0 Å². The number of halogens is 1. The van der Waals surface area contributed by atoms with E-state index in [-0.39, 0.29) is 17.0 Å². The number of H-pyrrole nitrogens is 1. The lowest BCUT2D eigenvalue weighted by molar-refractivity contribution is 0.263. The summed E-state index contributed by atoms with van der Waals surface area (Å²) in [5.74, 6) is 2.95. The molecular formula is C13H20IN3OS. The molecule has 1 aliphatic heterocycles. The van der Waals surface area contributed by atoms with Crippen molar-refractivity contribution < 1.29 is 0 Å². The second-order valence-electron chi connectivity index (χ2n) is 5.94. The molecule has 6 heteroatoms. The standard InChI is InChI=1S/C13H20IN3OS/c1-13(2,3)10-9(14)12(18)16-11(15-10)8-7-19-6-5-17(8)4/h8H,5-7H2,1-4H3,(H,15,16,18). The third-order valence-electron chi connectivity index (χ3n) is 3.30. The molecule has 1 aliphatic rings. The van der Waals surface area contributed by atoms with Crippen LogP contribution in [0.25, 0.3) is 0 Å². The smallest absolute Gasteiger partial charge is 0.264 e. The van der Waals surface area contributed by atoms with Crippen molar-refractivity contribution in [2.24, 2.45) is 0 Å². The van der Waals surface area contributed by atoms with E-state index >= 15 is 0 Å². The third-order valence-corrected chi connectivity index (χ3v) is 5.33. The first kappa shape index (κ1) is 15.3. The van der Waals surface area contributed by atoms with E-state index in [9.17, 15) is 4.79 Å². The van der Waals surface area contributed by atoms with Gasteiger partial charge in [0.1, 0.15) is 9.39 Å². The molecule has 1 aromatic heterocycles. The average molecular weight is 393 g/mol. The van der Waals surface area contributed by atoms with Gasteiger partial charge in [0.2, 0.25) is 0 Å². The second-order valence-corrected chi connectivity index (χ2v) is 8.16. The molecule has 106 valence electrons. The molecule has 1 N–H and O–H groups in total. The predicted molar refractivity (Wildman–Crippen MR) is 89.0 cm³/mol. The molecule has 4 nitrogen and oxygen atoms in total. The summed E-state index contributed by atoms with van der Waals surface area (Å²) in [6.07, 6.45) is 0. The largest absolute Gasteiger partial charge is 0.308 e. The maximum absolute atomic E-state index is 12.1. The SMILES string of the molecule is CN1CCSCC1c1nc(C(C)(C)C)c(I)c(=O)[nH]1. The molecule has 1 saturated heterocycles. The summed E-state index contributed by atoms with van der Waals surface area (Å²) in [5, 5.41) is 0. The third kappa shape index (κ3) is 3.33. The Balaban J connectivity index is 2.47. The van der Waals surface area contributed by atoms with E-state index in [2.05, 4.69) is 60.3 Å². The molecule has 0 aromatic carbocycles. The zero-order valence-corrected chi connectivity index (χ0v) is 14.8. The van der Waals surface area contributed by atoms with Crippen LogP contribution in [0, 0.1) is 3.57 Å². The highest BCUT2D eigenvalue weighted by molar-refractivity contribution is 14.1. The molecule has 1 fully saturated rings. The maximum atomic E-state index is 12.1. The lowest BCUT2D eigenvalue weighted by Crippen LogP contribution is -2.36. The van der Waals surface area contributed by atoms with E-state index in [4.69, 9.17) is 4.98 Å². The van der Waals surface area contributed by atoms with Crippen LogP contribution >= 0.6 is 34.4 Å². The van der Waals surface area contributed by atoms with Crippen LogP contribution in [-0.4, -0.2) is 40.0 Å². The number of nitrogens with one attached hydrogen (secondary N) is 1. The second kappa shape index (κ2) is 5.73. The minimum Gasteiger partial charge on any atom is -0.308 e. The van der Waals surface area contributed by atoms with E-state index in [1.807, 2.05) is 11.8 Å². The molecule has 19 heavy (non-hydrogen) atoms. The molecule has 2 rings (SSSR count). The highest BCUT2D eigenvalue weighted by Crippen LogP contribution is 2.28. The van der Waals surface area contributed by atoms with E-state index < -0.39 is 0 Å². The Morgan fingerprint density at radius 2 is 2.16 bits per heavy atom. The topological polar surface area (TPSA) is 49.0 Å². The summed E-state index contributed by atoms with van der Waals surface area (Å²) in [7, 11) is 2.10. The summed E-state index contributed by atoms with van der Waals surface area (Å²) in [6.45, 7) is 7.33. The molecule has 2 heterocycles. The van der Waals surface area contributed by atoms with Crippen molar-refractivity contribution in [2.75, 3.05) is 25.1 Å². The number of aromatic amines is 1. The van der Waals surface area contributed by atoms with Gasteiger partial charge in [-0.3, -0.25) is 9.69 Å². The number of nitrogens with zero attached hydrogens (tertiary/aromatic N) is 2. The Bertz CT molecular complexity index is 524. The number of rotatable bonds is 1. The molecule has 0 bridgehead atoms. The first-order chi connectivity index (χ1) is 8.80. The van der Waals surface area contributed by atoms with E-state index in [0.717, 1.165) is 29.6 Å². The fraction of sp³-hybridized carbons (Fsp3) is 0.692. The molecule has 1 atom stereocenters. The molecule has 1 unspecified atom stereocenters. The number of thioether (sulfide) groups is 1. The Labute approximate surface area is 131 Å². The first-order valence-corrected chi connectivity index (χ1v) is 8.62. The van der Waals surface area contributed by atoms with Gasteiger partial charge in [-0.2, -0.15) is 11.8 Å². The Kier molecular flexibility index (Phi) is 4.62. The van der Waals surface area contributed by atoms with Crippen LogP contribution in [0.1, 0.15) is 38.3 Å². The number of hydrogen-bond donors (Lipinski definition) is 1. The van der Waals surface area contributed by atoms with Gasteiger partial charge in [0, 0.05) is 23.5 Å². The minimum atomic E-state index is -0.111. The molecule has 0 aliphatic carbocycles. The van der Waals surface area contributed by atoms with Crippen molar-refractivity contribution in [2.45, 2.75) is 32.2 Å².